The lowest BCUT2D eigenvalue weighted by molar-refractivity contribution is -0.137. The van der Waals surface area contributed by atoms with Gasteiger partial charge in [-0.05, 0) is 30.5 Å². The number of aryl methyl sites for hydroxylation is 1. The van der Waals surface area contributed by atoms with Gasteiger partial charge < -0.3 is 14.6 Å². The fourth-order valence-electron chi connectivity index (χ4n) is 1.92. The van der Waals surface area contributed by atoms with Gasteiger partial charge in [0.1, 0.15) is 0 Å². The maximum atomic E-state index is 10.5. The van der Waals surface area contributed by atoms with Crippen LogP contribution in [0.2, 0.25) is 5.02 Å². The largest absolute Gasteiger partial charge is 0.481 e. The molecule has 0 saturated heterocycles. The number of hydrogen-bond donors (Lipinski definition) is 1. The highest BCUT2D eigenvalue weighted by Crippen LogP contribution is 2.45. The van der Waals surface area contributed by atoms with Gasteiger partial charge in [-0.1, -0.05) is 11.6 Å². The molecule has 0 fully saturated rings. The maximum Gasteiger partial charge on any atom is 0.303 e. The number of carboxylic acids is 1. The monoisotopic (exact) mass is 270 g/mol. The number of fused-ring (bicyclic) bond motifs is 1. The average molecular weight is 271 g/mol. The number of hydrogen-bond acceptors (Lipinski definition) is 3. The third-order valence-electron chi connectivity index (χ3n) is 2.63. The molecule has 1 aromatic carbocycles. The van der Waals surface area contributed by atoms with Gasteiger partial charge in [0.2, 0.25) is 5.79 Å². The minimum atomic E-state index is -0.789. The van der Waals surface area contributed by atoms with Crippen LogP contribution < -0.4 is 9.47 Å². The molecule has 0 aliphatic carbocycles. The summed E-state index contributed by atoms with van der Waals surface area (Å²) in [5.41, 5.74) is 0.960. The second kappa shape index (κ2) is 4.69. The van der Waals surface area contributed by atoms with Gasteiger partial charge in [0.05, 0.1) is 5.02 Å². The molecule has 1 N–H and O–H groups in total. The average Bonchev–Trinajstić information content (AvgIpc) is 2.52. The first-order valence-electron chi connectivity index (χ1n) is 5.80. The van der Waals surface area contributed by atoms with Crippen molar-refractivity contribution in [2.24, 2.45) is 0 Å². The number of ether oxygens (including phenoxy) is 2. The van der Waals surface area contributed by atoms with Crippen LogP contribution in [0.5, 0.6) is 11.5 Å². The molecule has 1 aliphatic rings. The molecule has 0 spiro atoms. The van der Waals surface area contributed by atoms with Gasteiger partial charge in [0.15, 0.2) is 11.5 Å². The van der Waals surface area contributed by atoms with Crippen LogP contribution in [0.1, 0.15) is 32.3 Å². The molecule has 18 heavy (non-hydrogen) atoms. The topological polar surface area (TPSA) is 55.8 Å². The zero-order chi connectivity index (χ0) is 13.3. The Kier molecular flexibility index (Phi) is 3.39. The Balaban J connectivity index is 2.12. The first kappa shape index (κ1) is 13.0. The third kappa shape index (κ3) is 2.88. The zero-order valence-electron chi connectivity index (χ0n) is 10.3. The summed E-state index contributed by atoms with van der Waals surface area (Å²) in [6.45, 7) is 3.63. The van der Waals surface area contributed by atoms with E-state index in [9.17, 15) is 4.79 Å². The quantitative estimate of drug-likeness (QED) is 0.912. The highest BCUT2D eigenvalue weighted by molar-refractivity contribution is 6.32. The van der Waals surface area contributed by atoms with E-state index in [-0.39, 0.29) is 6.42 Å². The van der Waals surface area contributed by atoms with E-state index in [1.165, 1.54) is 0 Å². The summed E-state index contributed by atoms with van der Waals surface area (Å²) in [6.07, 6.45) is 1.38. The molecular formula is C13H15ClO4. The summed E-state index contributed by atoms with van der Waals surface area (Å²) in [6, 6.07) is 3.66. The van der Waals surface area contributed by atoms with Crippen molar-refractivity contribution in [2.45, 2.75) is 38.9 Å². The Morgan fingerprint density at radius 1 is 1.39 bits per heavy atom. The predicted molar refractivity (Wildman–Crippen MR) is 67.4 cm³/mol. The van der Waals surface area contributed by atoms with E-state index in [1.807, 2.05) is 19.9 Å². The van der Waals surface area contributed by atoms with Gasteiger partial charge in [0, 0.05) is 20.3 Å². The van der Waals surface area contributed by atoms with Gasteiger partial charge in [-0.25, -0.2) is 0 Å². The second-order valence-corrected chi connectivity index (χ2v) is 5.16. The summed E-state index contributed by atoms with van der Waals surface area (Å²) < 4.78 is 11.2. The lowest BCUT2D eigenvalue weighted by Crippen LogP contribution is -2.29. The number of carboxylic acid groups (broad SMARTS) is 1. The minimum absolute atomic E-state index is 0.150. The molecular weight excluding hydrogens is 256 g/mol. The molecule has 0 bridgehead atoms. The lowest BCUT2D eigenvalue weighted by Gasteiger charge is -2.16. The van der Waals surface area contributed by atoms with Crippen LogP contribution in [0.3, 0.4) is 0 Å². The van der Waals surface area contributed by atoms with Crippen molar-refractivity contribution < 1.29 is 19.4 Å². The van der Waals surface area contributed by atoms with E-state index < -0.39 is 11.8 Å². The molecule has 0 saturated carbocycles. The Morgan fingerprint density at radius 3 is 2.78 bits per heavy atom. The molecule has 0 unspecified atom stereocenters. The van der Waals surface area contributed by atoms with Crippen LogP contribution >= 0.6 is 11.6 Å². The standard InChI is InChI=1S/C13H15ClO4/c1-13(2)17-10-7-8(4-3-5-11(15)16)6-9(14)12(10)18-13/h6-7H,3-5H2,1-2H3,(H,15,16). The molecule has 4 nitrogen and oxygen atoms in total. The van der Waals surface area contributed by atoms with E-state index in [1.54, 1.807) is 6.07 Å². The van der Waals surface area contributed by atoms with E-state index in [0.717, 1.165) is 5.56 Å². The lowest BCUT2D eigenvalue weighted by atomic mass is 10.1. The van der Waals surface area contributed by atoms with E-state index in [0.29, 0.717) is 29.4 Å². The summed E-state index contributed by atoms with van der Waals surface area (Å²) in [4.78, 5) is 10.5. The summed E-state index contributed by atoms with van der Waals surface area (Å²) in [5.74, 6) is -0.310. The number of rotatable bonds is 4. The van der Waals surface area contributed by atoms with Crippen LogP contribution in [0.25, 0.3) is 0 Å². The predicted octanol–water partition coefficient (Wildman–Crippen LogP) is 3.25. The van der Waals surface area contributed by atoms with Crippen molar-refractivity contribution in [2.75, 3.05) is 0 Å². The van der Waals surface area contributed by atoms with E-state index >= 15 is 0 Å². The van der Waals surface area contributed by atoms with Gasteiger partial charge in [-0.3, -0.25) is 4.79 Å². The van der Waals surface area contributed by atoms with Crippen molar-refractivity contribution in [3.05, 3.63) is 22.7 Å². The molecule has 0 atom stereocenters. The van der Waals surface area contributed by atoms with E-state index in [4.69, 9.17) is 26.2 Å². The Hall–Kier alpha value is -1.42. The van der Waals surface area contributed by atoms with Crippen LogP contribution in [0, 0.1) is 0 Å². The smallest absolute Gasteiger partial charge is 0.303 e. The normalized spacial score (nSPS) is 15.7. The summed E-state index contributed by atoms with van der Waals surface area (Å²) in [7, 11) is 0. The fourth-order valence-corrected chi connectivity index (χ4v) is 2.19. The molecule has 5 heteroatoms. The number of benzene rings is 1. The highest BCUT2D eigenvalue weighted by Gasteiger charge is 2.33. The molecule has 1 heterocycles. The van der Waals surface area contributed by atoms with Crippen LogP contribution in [-0.4, -0.2) is 16.9 Å². The first-order valence-corrected chi connectivity index (χ1v) is 6.17. The Morgan fingerprint density at radius 2 is 2.11 bits per heavy atom. The SMILES string of the molecule is CC1(C)Oc2cc(CCCC(=O)O)cc(Cl)c2O1. The van der Waals surface area contributed by atoms with Crippen molar-refractivity contribution >= 4 is 17.6 Å². The van der Waals surface area contributed by atoms with Gasteiger partial charge >= 0.3 is 5.97 Å². The van der Waals surface area contributed by atoms with Crippen molar-refractivity contribution in [1.82, 2.24) is 0 Å². The summed E-state index contributed by atoms with van der Waals surface area (Å²) >= 11 is 6.12. The molecule has 0 radical (unpaired) electrons. The van der Waals surface area contributed by atoms with Gasteiger partial charge in [-0.2, -0.15) is 0 Å². The molecule has 0 aromatic heterocycles. The number of aliphatic carboxylic acids is 1. The van der Waals surface area contributed by atoms with Crippen molar-refractivity contribution in [3.8, 4) is 11.5 Å². The molecule has 1 aromatic rings. The molecule has 98 valence electrons. The van der Waals surface area contributed by atoms with Crippen molar-refractivity contribution in [1.29, 1.82) is 0 Å². The number of halogens is 1. The van der Waals surface area contributed by atoms with E-state index in [2.05, 4.69) is 0 Å². The maximum absolute atomic E-state index is 10.5. The van der Waals surface area contributed by atoms with Crippen LogP contribution in [0.4, 0.5) is 0 Å². The summed E-state index contributed by atoms with van der Waals surface area (Å²) in [5, 5.41) is 9.10. The second-order valence-electron chi connectivity index (χ2n) is 4.76. The fraction of sp³-hybridized carbons (Fsp3) is 0.462. The van der Waals surface area contributed by atoms with Gasteiger partial charge in [0.25, 0.3) is 0 Å². The van der Waals surface area contributed by atoms with Crippen molar-refractivity contribution in [3.63, 3.8) is 0 Å². The molecule has 2 rings (SSSR count). The van der Waals surface area contributed by atoms with Gasteiger partial charge in [-0.15, -0.1) is 0 Å². The Bertz CT molecular complexity index is 482. The highest BCUT2D eigenvalue weighted by atomic mass is 35.5. The third-order valence-corrected chi connectivity index (χ3v) is 2.91. The first-order chi connectivity index (χ1) is 8.37. The molecule has 0 amide bonds. The Labute approximate surface area is 110 Å². The molecule has 1 aliphatic heterocycles. The van der Waals surface area contributed by atoms with Crippen LogP contribution in [-0.2, 0) is 11.2 Å². The number of carbonyl (C=O) groups is 1. The zero-order valence-corrected chi connectivity index (χ0v) is 11.1. The van der Waals surface area contributed by atoms with Crippen LogP contribution in [0.15, 0.2) is 12.1 Å². The minimum Gasteiger partial charge on any atom is -0.481 e.